The average Bonchev–Trinajstić information content (AvgIpc) is 2.27. The maximum atomic E-state index is 8.92. The van der Waals surface area contributed by atoms with Crippen LogP contribution >= 0.6 is 0 Å². The summed E-state index contributed by atoms with van der Waals surface area (Å²) in [4.78, 5) is 0. The average molecular weight is 218 g/mol. The van der Waals surface area contributed by atoms with Crippen LogP contribution in [0.2, 0.25) is 0 Å². The largest absolute Gasteiger partial charge is 0.395 e. The van der Waals surface area contributed by atoms with Crippen LogP contribution in [0, 0.1) is 0 Å². The SMILES string of the molecule is CC(CC1COCCN1)NC(CO)CO. The summed E-state index contributed by atoms with van der Waals surface area (Å²) in [6.45, 7) is 4.42. The standard InChI is InChI=1S/C10H22N2O3/c1-8(12-10(5-13)6-14)4-9-7-15-3-2-11-9/h8-14H,2-7H2,1H3. The van der Waals surface area contributed by atoms with Crippen molar-refractivity contribution < 1.29 is 14.9 Å². The third-order valence-electron chi connectivity index (χ3n) is 2.60. The van der Waals surface area contributed by atoms with Crippen molar-refractivity contribution >= 4 is 0 Å². The second-order valence-electron chi connectivity index (χ2n) is 4.09. The van der Waals surface area contributed by atoms with Crippen LogP contribution in [-0.2, 0) is 4.74 Å². The second kappa shape index (κ2) is 7.14. The maximum Gasteiger partial charge on any atom is 0.0620 e. The highest BCUT2D eigenvalue weighted by Crippen LogP contribution is 2.03. The smallest absolute Gasteiger partial charge is 0.0620 e. The predicted octanol–water partition coefficient (Wildman–Crippen LogP) is -1.30. The minimum Gasteiger partial charge on any atom is -0.395 e. The van der Waals surface area contributed by atoms with Crippen molar-refractivity contribution in [3.8, 4) is 0 Å². The first kappa shape index (κ1) is 12.9. The van der Waals surface area contributed by atoms with Crippen LogP contribution in [0.4, 0.5) is 0 Å². The molecule has 1 saturated heterocycles. The summed E-state index contributed by atoms with van der Waals surface area (Å²) >= 11 is 0. The lowest BCUT2D eigenvalue weighted by atomic mass is 10.1. The van der Waals surface area contributed by atoms with Gasteiger partial charge in [0.2, 0.25) is 0 Å². The van der Waals surface area contributed by atoms with Gasteiger partial charge in [0.25, 0.3) is 0 Å². The van der Waals surface area contributed by atoms with Gasteiger partial charge in [-0.25, -0.2) is 0 Å². The second-order valence-corrected chi connectivity index (χ2v) is 4.09. The molecule has 5 heteroatoms. The van der Waals surface area contributed by atoms with Crippen LogP contribution < -0.4 is 10.6 Å². The topological polar surface area (TPSA) is 73.8 Å². The fourth-order valence-electron chi connectivity index (χ4n) is 1.83. The molecule has 1 rings (SSSR count). The van der Waals surface area contributed by atoms with Gasteiger partial charge in [-0.3, -0.25) is 0 Å². The molecule has 1 aliphatic heterocycles. The van der Waals surface area contributed by atoms with Gasteiger partial charge in [-0.2, -0.15) is 0 Å². The zero-order valence-electron chi connectivity index (χ0n) is 9.28. The Morgan fingerprint density at radius 3 is 2.73 bits per heavy atom. The number of morpholine rings is 1. The third kappa shape index (κ3) is 4.90. The molecule has 1 aliphatic rings. The van der Waals surface area contributed by atoms with E-state index < -0.39 is 0 Å². The van der Waals surface area contributed by atoms with Crippen LogP contribution in [0.5, 0.6) is 0 Å². The molecule has 0 amide bonds. The monoisotopic (exact) mass is 218 g/mol. The summed E-state index contributed by atoms with van der Waals surface area (Å²) < 4.78 is 5.35. The third-order valence-corrected chi connectivity index (χ3v) is 2.60. The van der Waals surface area contributed by atoms with Gasteiger partial charge in [-0.05, 0) is 13.3 Å². The fourth-order valence-corrected chi connectivity index (χ4v) is 1.83. The van der Waals surface area contributed by atoms with Crippen molar-refractivity contribution in [2.24, 2.45) is 0 Å². The minimum atomic E-state index is -0.218. The van der Waals surface area contributed by atoms with Crippen molar-refractivity contribution in [3.63, 3.8) is 0 Å². The molecule has 0 spiro atoms. The zero-order valence-corrected chi connectivity index (χ0v) is 9.28. The van der Waals surface area contributed by atoms with E-state index in [2.05, 4.69) is 17.6 Å². The van der Waals surface area contributed by atoms with E-state index >= 15 is 0 Å². The molecule has 4 N–H and O–H groups in total. The normalized spacial score (nSPS) is 24.4. The number of aliphatic hydroxyl groups excluding tert-OH is 2. The van der Waals surface area contributed by atoms with Crippen LogP contribution in [-0.4, -0.2) is 61.3 Å². The van der Waals surface area contributed by atoms with Gasteiger partial charge in [0, 0.05) is 18.6 Å². The summed E-state index contributed by atoms with van der Waals surface area (Å²) in [6, 6.07) is 0.414. The van der Waals surface area contributed by atoms with Crippen molar-refractivity contribution in [3.05, 3.63) is 0 Å². The Balaban J connectivity index is 2.18. The van der Waals surface area contributed by atoms with Crippen molar-refractivity contribution in [2.45, 2.75) is 31.5 Å². The quantitative estimate of drug-likeness (QED) is 0.446. The van der Waals surface area contributed by atoms with Crippen LogP contribution in [0.3, 0.4) is 0 Å². The molecular weight excluding hydrogens is 196 g/mol. The Labute approximate surface area is 90.8 Å². The Bertz CT molecular complexity index is 159. The molecule has 0 aromatic rings. The number of hydrogen-bond donors (Lipinski definition) is 4. The van der Waals surface area contributed by atoms with E-state index in [1.807, 2.05) is 0 Å². The molecule has 0 aromatic carbocycles. The lowest BCUT2D eigenvalue weighted by Crippen LogP contribution is -2.48. The van der Waals surface area contributed by atoms with E-state index in [4.69, 9.17) is 14.9 Å². The number of nitrogens with one attached hydrogen (secondary N) is 2. The molecule has 5 nitrogen and oxygen atoms in total. The first-order valence-corrected chi connectivity index (χ1v) is 5.55. The van der Waals surface area contributed by atoms with Crippen LogP contribution in [0.15, 0.2) is 0 Å². The highest BCUT2D eigenvalue weighted by Gasteiger charge is 2.17. The predicted molar refractivity (Wildman–Crippen MR) is 57.8 cm³/mol. The molecule has 2 atom stereocenters. The Morgan fingerprint density at radius 2 is 2.20 bits per heavy atom. The van der Waals surface area contributed by atoms with Crippen molar-refractivity contribution in [1.82, 2.24) is 10.6 Å². The zero-order chi connectivity index (χ0) is 11.1. The molecule has 0 bridgehead atoms. The van der Waals surface area contributed by atoms with Crippen molar-refractivity contribution in [1.29, 1.82) is 0 Å². The molecule has 90 valence electrons. The first-order chi connectivity index (χ1) is 7.26. The highest BCUT2D eigenvalue weighted by molar-refractivity contribution is 4.78. The van der Waals surface area contributed by atoms with Gasteiger partial charge in [0.1, 0.15) is 0 Å². The minimum absolute atomic E-state index is 0.0323. The van der Waals surface area contributed by atoms with E-state index in [-0.39, 0.29) is 25.3 Å². The summed E-state index contributed by atoms with van der Waals surface area (Å²) in [5.74, 6) is 0. The lowest BCUT2D eigenvalue weighted by molar-refractivity contribution is 0.0692. The highest BCUT2D eigenvalue weighted by atomic mass is 16.5. The summed E-state index contributed by atoms with van der Waals surface area (Å²) in [7, 11) is 0. The molecule has 1 heterocycles. The molecule has 0 aromatic heterocycles. The number of aliphatic hydroxyl groups is 2. The van der Waals surface area contributed by atoms with E-state index in [0.29, 0.717) is 6.04 Å². The number of hydrogen-bond acceptors (Lipinski definition) is 5. The number of ether oxygens (including phenoxy) is 1. The summed E-state index contributed by atoms with van der Waals surface area (Å²) in [5.41, 5.74) is 0. The van der Waals surface area contributed by atoms with Gasteiger partial charge >= 0.3 is 0 Å². The number of rotatable bonds is 6. The molecule has 2 unspecified atom stereocenters. The van der Waals surface area contributed by atoms with Gasteiger partial charge in [0.15, 0.2) is 0 Å². The van der Waals surface area contributed by atoms with E-state index in [1.165, 1.54) is 0 Å². The summed E-state index contributed by atoms with van der Waals surface area (Å²) in [5, 5.41) is 24.4. The van der Waals surface area contributed by atoms with Gasteiger partial charge in [-0.15, -0.1) is 0 Å². The summed E-state index contributed by atoms with van der Waals surface area (Å²) in [6.07, 6.45) is 0.941. The maximum absolute atomic E-state index is 8.92. The molecule has 15 heavy (non-hydrogen) atoms. The van der Waals surface area contributed by atoms with E-state index in [1.54, 1.807) is 0 Å². The van der Waals surface area contributed by atoms with Gasteiger partial charge < -0.3 is 25.6 Å². The van der Waals surface area contributed by atoms with Crippen LogP contribution in [0.1, 0.15) is 13.3 Å². The molecule has 0 radical (unpaired) electrons. The molecular formula is C10H22N2O3. The molecule has 1 fully saturated rings. The van der Waals surface area contributed by atoms with Gasteiger partial charge in [0.05, 0.1) is 32.5 Å². The van der Waals surface area contributed by atoms with Crippen LogP contribution in [0.25, 0.3) is 0 Å². The van der Waals surface area contributed by atoms with Crippen molar-refractivity contribution in [2.75, 3.05) is 33.0 Å². The van der Waals surface area contributed by atoms with E-state index in [9.17, 15) is 0 Å². The lowest BCUT2D eigenvalue weighted by Gasteiger charge is -2.28. The molecule has 0 aliphatic carbocycles. The van der Waals surface area contributed by atoms with E-state index in [0.717, 1.165) is 26.2 Å². The fraction of sp³-hybridized carbons (Fsp3) is 1.00. The Hall–Kier alpha value is -0.200. The Morgan fingerprint density at radius 1 is 1.47 bits per heavy atom. The molecule has 0 saturated carbocycles. The first-order valence-electron chi connectivity index (χ1n) is 5.55. The van der Waals surface area contributed by atoms with Gasteiger partial charge in [-0.1, -0.05) is 0 Å². The Kier molecular flexibility index (Phi) is 6.12.